The van der Waals surface area contributed by atoms with Crippen LogP contribution in [0.3, 0.4) is 0 Å². The highest BCUT2D eigenvalue weighted by molar-refractivity contribution is 6.40. The molecule has 2 rings (SSSR count). The largest absolute Gasteiger partial charge is 0.438 e. The van der Waals surface area contributed by atoms with Crippen molar-refractivity contribution in [1.29, 1.82) is 0 Å². The van der Waals surface area contributed by atoms with Crippen molar-refractivity contribution in [2.75, 3.05) is 19.5 Å². The van der Waals surface area contributed by atoms with E-state index in [9.17, 15) is 0 Å². The van der Waals surface area contributed by atoms with Gasteiger partial charge in [-0.1, -0.05) is 23.2 Å². The molecule has 2 N–H and O–H groups in total. The van der Waals surface area contributed by atoms with Crippen molar-refractivity contribution in [3.63, 3.8) is 0 Å². The number of aromatic nitrogens is 1. The van der Waals surface area contributed by atoms with Gasteiger partial charge in [0.2, 0.25) is 0 Å². The highest BCUT2D eigenvalue weighted by atomic mass is 35.5. The minimum atomic E-state index is 0.359. The maximum Gasteiger partial charge on any atom is 0.197 e. The summed E-state index contributed by atoms with van der Waals surface area (Å²) < 4.78 is 10.4. The minimum absolute atomic E-state index is 0.359. The molecule has 1 aromatic heterocycles. The van der Waals surface area contributed by atoms with E-state index in [4.69, 9.17) is 38.1 Å². The molecular weight excluding hydrogens is 251 g/mol. The quantitative estimate of drug-likeness (QED) is 0.863. The Morgan fingerprint density at radius 1 is 1.44 bits per heavy atom. The van der Waals surface area contributed by atoms with Crippen LogP contribution in [0.1, 0.15) is 5.89 Å². The summed E-state index contributed by atoms with van der Waals surface area (Å²) in [6, 6.07) is 1.56. The number of halogens is 2. The molecule has 0 unspecified atom stereocenters. The van der Waals surface area contributed by atoms with Crippen molar-refractivity contribution in [2.24, 2.45) is 0 Å². The first-order chi connectivity index (χ1) is 7.63. The van der Waals surface area contributed by atoms with E-state index in [1.807, 2.05) is 0 Å². The van der Waals surface area contributed by atoms with E-state index in [2.05, 4.69) is 4.98 Å². The molecule has 0 spiro atoms. The molecule has 1 heterocycles. The summed E-state index contributed by atoms with van der Waals surface area (Å²) in [5.74, 6) is 0.535. The van der Waals surface area contributed by atoms with Crippen LogP contribution in [0.2, 0.25) is 10.0 Å². The highest BCUT2D eigenvalue weighted by Crippen LogP contribution is 2.34. The molecule has 2 aromatic rings. The zero-order valence-electron chi connectivity index (χ0n) is 8.59. The topological polar surface area (TPSA) is 61.3 Å². The van der Waals surface area contributed by atoms with E-state index >= 15 is 0 Å². The Morgan fingerprint density at radius 3 is 2.88 bits per heavy atom. The first-order valence-electron chi connectivity index (χ1n) is 4.65. The Morgan fingerprint density at radius 2 is 2.19 bits per heavy atom. The number of benzene rings is 1. The van der Waals surface area contributed by atoms with Crippen LogP contribution in [0, 0.1) is 0 Å². The second-order valence-electron chi connectivity index (χ2n) is 3.28. The van der Waals surface area contributed by atoms with E-state index < -0.39 is 0 Å². The Balaban J connectivity index is 2.52. The second kappa shape index (κ2) is 4.49. The Bertz CT molecular complexity index is 525. The Hall–Kier alpha value is -0.970. The summed E-state index contributed by atoms with van der Waals surface area (Å²) in [5, 5.41) is 0.800. The Kier molecular flexibility index (Phi) is 3.23. The third-order valence-electron chi connectivity index (χ3n) is 2.17. The molecular formula is C10H10Cl2N2O2. The summed E-state index contributed by atoms with van der Waals surface area (Å²) in [5.41, 5.74) is 7.10. The average Bonchev–Trinajstić information content (AvgIpc) is 2.68. The van der Waals surface area contributed by atoms with Gasteiger partial charge in [0.1, 0.15) is 5.52 Å². The van der Waals surface area contributed by atoms with Crippen LogP contribution < -0.4 is 5.73 Å². The first-order valence-corrected chi connectivity index (χ1v) is 5.41. The number of ether oxygens (including phenoxy) is 1. The van der Waals surface area contributed by atoms with E-state index in [0.29, 0.717) is 45.8 Å². The lowest BCUT2D eigenvalue weighted by molar-refractivity contribution is 0.196. The fourth-order valence-electron chi connectivity index (χ4n) is 1.37. The molecule has 0 aliphatic heterocycles. The smallest absolute Gasteiger partial charge is 0.197 e. The number of rotatable bonds is 3. The molecule has 0 saturated carbocycles. The van der Waals surface area contributed by atoms with Gasteiger partial charge in [-0.05, 0) is 6.07 Å². The van der Waals surface area contributed by atoms with Gasteiger partial charge < -0.3 is 14.9 Å². The van der Waals surface area contributed by atoms with Crippen molar-refractivity contribution < 1.29 is 9.15 Å². The number of hydrogen-bond donors (Lipinski definition) is 1. The number of hydrogen-bond acceptors (Lipinski definition) is 4. The molecule has 0 fully saturated rings. The maximum atomic E-state index is 5.99. The number of nitrogen functional groups attached to an aromatic ring is 1. The van der Waals surface area contributed by atoms with Gasteiger partial charge in [-0.3, -0.25) is 0 Å². The van der Waals surface area contributed by atoms with Crippen LogP contribution in [0.15, 0.2) is 10.5 Å². The molecule has 16 heavy (non-hydrogen) atoms. The number of oxazole rings is 1. The van der Waals surface area contributed by atoms with Gasteiger partial charge in [0, 0.05) is 13.5 Å². The van der Waals surface area contributed by atoms with Gasteiger partial charge in [-0.25, -0.2) is 4.98 Å². The molecule has 0 bridgehead atoms. The molecule has 4 nitrogen and oxygen atoms in total. The summed E-state index contributed by atoms with van der Waals surface area (Å²) in [7, 11) is 1.61. The lowest BCUT2D eigenvalue weighted by atomic mass is 10.3. The average molecular weight is 261 g/mol. The summed E-state index contributed by atoms with van der Waals surface area (Å²) in [4.78, 5) is 4.23. The van der Waals surface area contributed by atoms with Crippen LogP contribution in [0.25, 0.3) is 11.1 Å². The normalized spacial score (nSPS) is 11.2. The molecule has 0 amide bonds. The Labute approximate surface area is 102 Å². The van der Waals surface area contributed by atoms with Crippen molar-refractivity contribution in [1.82, 2.24) is 4.98 Å². The predicted molar refractivity (Wildman–Crippen MR) is 64.0 cm³/mol. The maximum absolute atomic E-state index is 5.99. The number of nitrogens with zero attached hydrogens (tertiary/aromatic N) is 1. The van der Waals surface area contributed by atoms with E-state index in [1.54, 1.807) is 13.2 Å². The van der Waals surface area contributed by atoms with Gasteiger partial charge in [-0.15, -0.1) is 0 Å². The van der Waals surface area contributed by atoms with E-state index in [1.165, 1.54) is 0 Å². The highest BCUT2D eigenvalue weighted by Gasteiger charge is 2.14. The zero-order valence-corrected chi connectivity index (χ0v) is 10.1. The van der Waals surface area contributed by atoms with E-state index in [-0.39, 0.29) is 0 Å². The number of fused-ring (bicyclic) bond motifs is 1. The van der Waals surface area contributed by atoms with Crippen LogP contribution in [0.5, 0.6) is 0 Å². The minimum Gasteiger partial charge on any atom is -0.438 e. The predicted octanol–water partition coefficient (Wildman–Crippen LogP) is 2.91. The second-order valence-corrected chi connectivity index (χ2v) is 4.10. The molecule has 86 valence electrons. The third kappa shape index (κ3) is 1.96. The number of nitrogens with two attached hydrogens (primary N) is 1. The van der Waals surface area contributed by atoms with Crippen molar-refractivity contribution in [2.45, 2.75) is 6.42 Å². The van der Waals surface area contributed by atoms with Gasteiger partial charge in [0.25, 0.3) is 0 Å². The first kappa shape index (κ1) is 11.5. The molecule has 1 aromatic carbocycles. The summed E-state index contributed by atoms with van der Waals surface area (Å²) in [6.07, 6.45) is 0.568. The monoisotopic (exact) mass is 260 g/mol. The fraction of sp³-hybridized carbons (Fsp3) is 0.300. The van der Waals surface area contributed by atoms with E-state index in [0.717, 1.165) is 0 Å². The van der Waals surface area contributed by atoms with Crippen molar-refractivity contribution in [3.05, 3.63) is 22.0 Å². The summed E-state index contributed by atoms with van der Waals surface area (Å²) in [6.45, 7) is 0.526. The van der Waals surface area contributed by atoms with Gasteiger partial charge in [0.05, 0.1) is 22.3 Å². The number of methoxy groups -OCH3 is 1. The zero-order chi connectivity index (χ0) is 11.7. The lowest BCUT2D eigenvalue weighted by Crippen LogP contribution is -1.93. The summed E-state index contributed by atoms with van der Waals surface area (Å²) >= 11 is 11.9. The standard InChI is InChI=1S/C10H10Cl2N2O2/c1-15-3-2-7-14-9-6(12)4-5(11)8(13)10(9)16-7/h4H,2-3,13H2,1H3. The molecule has 6 heteroatoms. The van der Waals surface area contributed by atoms with Crippen molar-refractivity contribution >= 4 is 40.0 Å². The lowest BCUT2D eigenvalue weighted by Gasteiger charge is -1.98. The van der Waals surface area contributed by atoms with Crippen LogP contribution in [-0.2, 0) is 11.2 Å². The fourth-order valence-corrected chi connectivity index (χ4v) is 1.86. The molecule has 0 saturated heterocycles. The van der Waals surface area contributed by atoms with Crippen LogP contribution >= 0.6 is 23.2 Å². The molecule has 0 radical (unpaired) electrons. The molecule has 0 aliphatic carbocycles. The van der Waals surface area contributed by atoms with Crippen molar-refractivity contribution in [3.8, 4) is 0 Å². The molecule has 0 aliphatic rings. The SMILES string of the molecule is COCCc1nc2c(Cl)cc(Cl)c(N)c2o1. The van der Waals surface area contributed by atoms with Crippen LogP contribution in [-0.4, -0.2) is 18.7 Å². The third-order valence-corrected chi connectivity index (χ3v) is 2.77. The number of anilines is 1. The van der Waals surface area contributed by atoms with Gasteiger partial charge in [-0.2, -0.15) is 0 Å². The van der Waals surface area contributed by atoms with Gasteiger partial charge >= 0.3 is 0 Å². The van der Waals surface area contributed by atoms with Gasteiger partial charge in [0.15, 0.2) is 11.5 Å². The molecule has 0 atom stereocenters. The van der Waals surface area contributed by atoms with Crippen LogP contribution in [0.4, 0.5) is 5.69 Å².